The van der Waals surface area contributed by atoms with Gasteiger partial charge in [-0.05, 0) is 31.4 Å². The molecule has 3 heterocycles. The van der Waals surface area contributed by atoms with E-state index in [1.807, 2.05) is 0 Å². The van der Waals surface area contributed by atoms with Crippen LogP contribution >= 0.6 is 11.8 Å². The standard InChI is InChI=1S/C17H23N3S/c1-2-6-12(5-1)20-15-7-3-4-8-16(15)21-17(20)19-13-9-14(19)11-18-10-13/h3-4,7-8,12-14,17-18H,1-2,5-6,9-11H2. The zero-order valence-corrected chi connectivity index (χ0v) is 13.2. The summed E-state index contributed by atoms with van der Waals surface area (Å²) in [6.45, 7) is 2.37. The molecule has 3 atom stereocenters. The van der Waals surface area contributed by atoms with Gasteiger partial charge in [0.2, 0.25) is 0 Å². The molecule has 3 fully saturated rings. The summed E-state index contributed by atoms with van der Waals surface area (Å²) in [5.41, 5.74) is 2.05. The number of anilines is 1. The van der Waals surface area contributed by atoms with Crippen LogP contribution in [0.1, 0.15) is 32.1 Å². The lowest BCUT2D eigenvalue weighted by Crippen LogP contribution is -2.72. The molecule has 3 unspecified atom stereocenters. The maximum atomic E-state index is 3.57. The number of benzene rings is 1. The number of piperidine rings is 1. The quantitative estimate of drug-likeness (QED) is 0.905. The van der Waals surface area contributed by atoms with Gasteiger partial charge in [0, 0.05) is 36.1 Å². The van der Waals surface area contributed by atoms with Crippen molar-refractivity contribution >= 4 is 17.4 Å². The van der Waals surface area contributed by atoms with E-state index in [9.17, 15) is 0 Å². The summed E-state index contributed by atoms with van der Waals surface area (Å²) in [7, 11) is 0. The zero-order chi connectivity index (χ0) is 13.8. The third-order valence-electron chi connectivity index (χ3n) is 5.73. The highest BCUT2D eigenvalue weighted by Gasteiger charge is 2.50. The van der Waals surface area contributed by atoms with Gasteiger partial charge in [-0.3, -0.25) is 4.90 Å². The van der Waals surface area contributed by atoms with E-state index in [1.165, 1.54) is 55.8 Å². The Morgan fingerprint density at radius 2 is 1.76 bits per heavy atom. The summed E-state index contributed by atoms with van der Waals surface area (Å²) in [5.74, 6) is 0. The van der Waals surface area contributed by atoms with Gasteiger partial charge in [0.05, 0.1) is 5.69 Å². The van der Waals surface area contributed by atoms with Gasteiger partial charge in [-0.15, -0.1) is 0 Å². The third kappa shape index (κ3) is 1.89. The van der Waals surface area contributed by atoms with Crippen LogP contribution in [0.4, 0.5) is 5.69 Å². The molecule has 1 aromatic carbocycles. The van der Waals surface area contributed by atoms with Crippen LogP contribution in [0.25, 0.3) is 0 Å². The summed E-state index contributed by atoms with van der Waals surface area (Å²) in [4.78, 5) is 7.07. The number of hydrogen-bond donors (Lipinski definition) is 1. The Morgan fingerprint density at radius 1 is 1.00 bits per heavy atom. The van der Waals surface area contributed by atoms with E-state index in [0.29, 0.717) is 5.50 Å². The van der Waals surface area contributed by atoms with Gasteiger partial charge in [-0.2, -0.15) is 0 Å². The van der Waals surface area contributed by atoms with Gasteiger partial charge in [-0.25, -0.2) is 0 Å². The highest BCUT2D eigenvalue weighted by atomic mass is 32.2. The predicted molar refractivity (Wildman–Crippen MR) is 87.7 cm³/mol. The van der Waals surface area contributed by atoms with Gasteiger partial charge in [0.25, 0.3) is 0 Å². The predicted octanol–water partition coefficient (Wildman–Crippen LogP) is 2.87. The van der Waals surface area contributed by atoms with Crippen molar-refractivity contribution in [3.8, 4) is 0 Å². The minimum absolute atomic E-state index is 0.552. The van der Waals surface area contributed by atoms with Crippen molar-refractivity contribution in [3.05, 3.63) is 24.3 Å². The molecule has 21 heavy (non-hydrogen) atoms. The van der Waals surface area contributed by atoms with E-state index >= 15 is 0 Å². The maximum Gasteiger partial charge on any atom is 0.136 e. The van der Waals surface area contributed by atoms with Crippen LogP contribution in [0, 0.1) is 0 Å². The fraction of sp³-hybridized carbons (Fsp3) is 0.647. The molecule has 5 rings (SSSR count). The van der Waals surface area contributed by atoms with E-state index in [4.69, 9.17) is 0 Å². The Kier molecular flexibility index (Phi) is 2.99. The molecular weight excluding hydrogens is 278 g/mol. The van der Waals surface area contributed by atoms with Gasteiger partial charge in [0.1, 0.15) is 5.50 Å². The number of fused-ring (bicyclic) bond motifs is 3. The first-order valence-corrected chi connectivity index (χ1v) is 9.32. The van der Waals surface area contributed by atoms with E-state index in [1.54, 1.807) is 0 Å². The number of piperazine rings is 1. The lowest BCUT2D eigenvalue weighted by atomic mass is 9.89. The van der Waals surface area contributed by atoms with Crippen LogP contribution in [0.15, 0.2) is 29.2 Å². The molecule has 112 valence electrons. The van der Waals surface area contributed by atoms with Crippen LogP contribution in [-0.2, 0) is 0 Å². The molecule has 2 saturated heterocycles. The van der Waals surface area contributed by atoms with Gasteiger partial charge < -0.3 is 10.2 Å². The van der Waals surface area contributed by atoms with Crippen molar-refractivity contribution < 1.29 is 0 Å². The molecule has 4 aliphatic rings. The van der Waals surface area contributed by atoms with Crippen LogP contribution < -0.4 is 10.2 Å². The molecule has 0 radical (unpaired) electrons. The molecule has 1 saturated carbocycles. The normalized spacial score (nSPS) is 35.8. The second kappa shape index (κ2) is 4.90. The third-order valence-corrected chi connectivity index (χ3v) is 7.01. The number of nitrogens with zero attached hydrogens (tertiary/aromatic N) is 2. The molecule has 0 amide bonds. The summed E-state index contributed by atoms with van der Waals surface area (Å²) in [6, 6.07) is 11.4. The molecule has 0 spiro atoms. The number of thioether (sulfide) groups is 1. The van der Waals surface area contributed by atoms with Gasteiger partial charge in [-0.1, -0.05) is 36.7 Å². The lowest BCUT2D eigenvalue weighted by Gasteiger charge is -2.57. The number of para-hydroxylation sites is 1. The van der Waals surface area contributed by atoms with E-state index in [-0.39, 0.29) is 0 Å². The van der Waals surface area contributed by atoms with Crippen molar-refractivity contribution in [2.75, 3.05) is 18.0 Å². The number of hydrogen-bond acceptors (Lipinski definition) is 4. The fourth-order valence-corrected chi connectivity index (χ4v) is 6.24. The monoisotopic (exact) mass is 301 g/mol. The first kappa shape index (κ1) is 12.8. The SMILES string of the molecule is c1ccc2c(c1)SC(N1C3CNCC1C3)N2C1CCCC1. The van der Waals surface area contributed by atoms with Crippen LogP contribution in [0.3, 0.4) is 0 Å². The van der Waals surface area contributed by atoms with Gasteiger partial charge in [0.15, 0.2) is 0 Å². The zero-order valence-electron chi connectivity index (χ0n) is 12.4. The minimum Gasteiger partial charge on any atom is -0.343 e. The molecule has 1 aromatic rings. The largest absolute Gasteiger partial charge is 0.343 e. The molecule has 3 aliphatic heterocycles. The topological polar surface area (TPSA) is 18.5 Å². The van der Waals surface area contributed by atoms with E-state index < -0.39 is 0 Å². The molecule has 4 heteroatoms. The van der Waals surface area contributed by atoms with Crippen molar-refractivity contribution in [2.45, 2.75) is 60.6 Å². The maximum absolute atomic E-state index is 3.57. The lowest BCUT2D eigenvalue weighted by molar-refractivity contribution is -0.0246. The van der Waals surface area contributed by atoms with Crippen LogP contribution in [0.2, 0.25) is 0 Å². The van der Waals surface area contributed by atoms with Crippen LogP contribution in [-0.4, -0.2) is 41.6 Å². The first-order chi connectivity index (χ1) is 10.4. The van der Waals surface area contributed by atoms with E-state index in [2.05, 4.69) is 51.1 Å². The summed E-state index contributed by atoms with van der Waals surface area (Å²) in [5, 5.41) is 3.57. The molecule has 1 N–H and O–H groups in total. The molecule has 0 aromatic heterocycles. The average Bonchev–Trinajstić information content (AvgIpc) is 3.14. The van der Waals surface area contributed by atoms with E-state index in [0.717, 1.165) is 18.1 Å². The Balaban J connectivity index is 1.50. The Hall–Kier alpha value is -0.710. The average molecular weight is 301 g/mol. The van der Waals surface area contributed by atoms with Crippen molar-refractivity contribution in [2.24, 2.45) is 0 Å². The van der Waals surface area contributed by atoms with Crippen molar-refractivity contribution in [1.82, 2.24) is 10.2 Å². The molecule has 1 aliphatic carbocycles. The van der Waals surface area contributed by atoms with Gasteiger partial charge >= 0.3 is 0 Å². The first-order valence-electron chi connectivity index (χ1n) is 8.44. The fourth-order valence-electron chi connectivity index (χ4n) is 4.70. The molecule has 2 bridgehead atoms. The Bertz CT molecular complexity index is 529. The summed E-state index contributed by atoms with van der Waals surface area (Å²) < 4.78 is 0. The smallest absolute Gasteiger partial charge is 0.136 e. The molecule has 3 nitrogen and oxygen atoms in total. The highest BCUT2D eigenvalue weighted by molar-refractivity contribution is 8.00. The van der Waals surface area contributed by atoms with Crippen molar-refractivity contribution in [1.29, 1.82) is 0 Å². The highest BCUT2D eigenvalue weighted by Crippen LogP contribution is 2.50. The number of rotatable bonds is 2. The second-order valence-corrected chi connectivity index (χ2v) is 8.00. The van der Waals surface area contributed by atoms with Crippen LogP contribution in [0.5, 0.6) is 0 Å². The molecular formula is C17H23N3S. The summed E-state index contributed by atoms with van der Waals surface area (Å²) >= 11 is 2.10. The van der Waals surface area contributed by atoms with Crippen molar-refractivity contribution in [3.63, 3.8) is 0 Å². The minimum atomic E-state index is 0.552. The number of nitrogens with one attached hydrogen (secondary N) is 1. The second-order valence-electron chi connectivity index (χ2n) is 6.91. The Morgan fingerprint density at radius 3 is 2.52 bits per heavy atom. The Labute approximate surface area is 131 Å². The summed E-state index contributed by atoms with van der Waals surface area (Å²) in [6.07, 6.45) is 6.99.